The molecule has 7 nitrogen and oxygen atoms in total. The Labute approximate surface area is 133 Å². The molecule has 0 amide bonds. The number of alkyl halides is 1. The second kappa shape index (κ2) is 6.40. The van der Waals surface area contributed by atoms with E-state index in [0.717, 1.165) is 18.5 Å². The van der Waals surface area contributed by atoms with E-state index in [2.05, 4.69) is 36.4 Å². The number of aromatic nitrogens is 5. The summed E-state index contributed by atoms with van der Waals surface area (Å²) < 4.78 is 13.1. The first kappa shape index (κ1) is 14.3. The minimum atomic E-state index is 0.332. The van der Waals surface area contributed by atoms with Gasteiger partial charge in [-0.25, -0.2) is 4.68 Å². The number of furan rings is 1. The predicted molar refractivity (Wildman–Crippen MR) is 77.9 cm³/mol. The normalized spacial score (nSPS) is 11.1. The van der Waals surface area contributed by atoms with Crippen LogP contribution in [0, 0.1) is 0 Å². The molecule has 3 rings (SSSR count). The van der Waals surface area contributed by atoms with Crippen molar-refractivity contribution in [1.29, 1.82) is 0 Å². The summed E-state index contributed by atoms with van der Waals surface area (Å²) in [5.41, 5.74) is 0.894. The third-order valence-electron chi connectivity index (χ3n) is 2.70. The fourth-order valence-electron chi connectivity index (χ4n) is 1.76. The molecule has 0 aliphatic heterocycles. The van der Waals surface area contributed by atoms with Gasteiger partial charge in [0, 0.05) is 12.1 Å². The average molecular weight is 373 g/mol. The van der Waals surface area contributed by atoms with Gasteiger partial charge in [-0.1, -0.05) is 5.21 Å². The molecule has 0 aliphatic rings. The Morgan fingerprint density at radius 1 is 1.19 bits per heavy atom. The largest absolute Gasteiger partial charge is 0.444 e. The van der Waals surface area contributed by atoms with Crippen LogP contribution in [0.5, 0.6) is 0 Å². The highest BCUT2D eigenvalue weighted by Gasteiger charge is 2.13. The van der Waals surface area contributed by atoms with Crippen LogP contribution in [0.15, 0.2) is 31.8 Å². The Morgan fingerprint density at radius 3 is 2.86 bits per heavy atom. The zero-order chi connectivity index (χ0) is 14.7. The maximum Gasteiger partial charge on any atom is 0.283 e. The first-order valence-electron chi connectivity index (χ1n) is 6.27. The fourth-order valence-corrected chi connectivity index (χ4v) is 2.20. The number of nitrogens with zero attached hydrogens (tertiary/aromatic N) is 5. The van der Waals surface area contributed by atoms with Gasteiger partial charge in [0.05, 0.1) is 5.69 Å². The molecule has 0 aromatic carbocycles. The van der Waals surface area contributed by atoms with Crippen LogP contribution < -0.4 is 0 Å². The fraction of sp³-hybridized carbons (Fsp3) is 0.333. The van der Waals surface area contributed by atoms with E-state index in [0.29, 0.717) is 34.6 Å². The molecular formula is C12H11BrClN5O2. The van der Waals surface area contributed by atoms with Gasteiger partial charge in [-0.2, -0.15) is 0 Å². The van der Waals surface area contributed by atoms with Gasteiger partial charge in [-0.15, -0.1) is 26.9 Å². The van der Waals surface area contributed by atoms with Crippen LogP contribution in [0.25, 0.3) is 11.7 Å². The van der Waals surface area contributed by atoms with Crippen molar-refractivity contribution in [3.05, 3.63) is 34.6 Å². The van der Waals surface area contributed by atoms with Crippen LogP contribution in [0.3, 0.4) is 0 Å². The predicted octanol–water partition coefficient (Wildman–Crippen LogP) is 2.90. The van der Waals surface area contributed by atoms with Gasteiger partial charge in [0.1, 0.15) is 6.54 Å². The van der Waals surface area contributed by atoms with Crippen molar-refractivity contribution in [2.45, 2.75) is 19.4 Å². The van der Waals surface area contributed by atoms with Gasteiger partial charge in [0.2, 0.25) is 5.89 Å². The zero-order valence-electron chi connectivity index (χ0n) is 10.9. The second-order valence-corrected chi connectivity index (χ2v) is 5.46. The summed E-state index contributed by atoms with van der Waals surface area (Å²) >= 11 is 8.88. The van der Waals surface area contributed by atoms with E-state index in [9.17, 15) is 0 Å². The van der Waals surface area contributed by atoms with E-state index < -0.39 is 0 Å². The molecule has 3 heterocycles. The quantitative estimate of drug-likeness (QED) is 0.619. The summed E-state index contributed by atoms with van der Waals surface area (Å²) in [5.74, 6) is 1.89. The van der Waals surface area contributed by atoms with Gasteiger partial charge in [-0.3, -0.25) is 0 Å². The molecule has 0 fully saturated rings. The summed E-state index contributed by atoms with van der Waals surface area (Å²) in [4.78, 5) is 0. The molecule has 21 heavy (non-hydrogen) atoms. The van der Waals surface area contributed by atoms with Crippen molar-refractivity contribution in [3.8, 4) is 11.7 Å². The third kappa shape index (κ3) is 3.51. The van der Waals surface area contributed by atoms with Crippen molar-refractivity contribution in [3.63, 3.8) is 0 Å². The van der Waals surface area contributed by atoms with Gasteiger partial charge in [-0.05, 0) is 40.9 Å². The molecule has 0 saturated carbocycles. The van der Waals surface area contributed by atoms with Crippen LogP contribution in [-0.2, 0) is 13.0 Å². The maximum atomic E-state index is 5.65. The Bertz CT molecular complexity index is 723. The van der Waals surface area contributed by atoms with E-state index in [-0.39, 0.29) is 0 Å². The molecule has 0 atom stereocenters. The lowest BCUT2D eigenvalue weighted by Gasteiger charge is -1.93. The Balaban J connectivity index is 1.68. The van der Waals surface area contributed by atoms with Crippen molar-refractivity contribution < 1.29 is 8.83 Å². The van der Waals surface area contributed by atoms with Crippen LogP contribution >= 0.6 is 27.5 Å². The summed E-state index contributed by atoms with van der Waals surface area (Å²) in [5, 5.41) is 16.0. The number of aryl methyl sites for hydroxylation is 1. The highest BCUT2D eigenvalue weighted by Crippen LogP contribution is 2.23. The third-order valence-corrected chi connectivity index (χ3v) is 3.39. The van der Waals surface area contributed by atoms with E-state index in [4.69, 9.17) is 20.4 Å². The summed E-state index contributed by atoms with van der Waals surface area (Å²) in [6, 6.07) is 3.51. The van der Waals surface area contributed by atoms with Gasteiger partial charge >= 0.3 is 0 Å². The average Bonchev–Trinajstić information content (AvgIpc) is 3.18. The molecule has 0 aliphatic carbocycles. The van der Waals surface area contributed by atoms with E-state index in [1.807, 2.05) is 6.20 Å². The van der Waals surface area contributed by atoms with E-state index in [1.54, 1.807) is 16.8 Å². The molecular weight excluding hydrogens is 362 g/mol. The van der Waals surface area contributed by atoms with E-state index >= 15 is 0 Å². The van der Waals surface area contributed by atoms with Crippen LogP contribution in [0.4, 0.5) is 0 Å². The smallest absolute Gasteiger partial charge is 0.283 e. The lowest BCUT2D eigenvalue weighted by molar-refractivity contribution is 0.451. The number of hydrogen-bond acceptors (Lipinski definition) is 6. The molecule has 0 bridgehead atoms. The first-order valence-corrected chi connectivity index (χ1v) is 7.60. The minimum Gasteiger partial charge on any atom is -0.444 e. The van der Waals surface area contributed by atoms with Gasteiger partial charge in [0.15, 0.2) is 10.4 Å². The summed E-state index contributed by atoms with van der Waals surface area (Å²) in [6.07, 6.45) is 3.53. The Hall–Kier alpha value is -1.67. The molecule has 110 valence electrons. The van der Waals surface area contributed by atoms with Crippen molar-refractivity contribution >= 4 is 27.5 Å². The SMILES string of the molecule is ClCCCc1cn(Cc2nnc(-c3ccc(Br)o3)o2)nn1. The Morgan fingerprint density at radius 2 is 2.10 bits per heavy atom. The van der Waals surface area contributed by atoms with Crippen LogP contribution in [0.1, 0.15) is 18.0 Å². The van der Waals surface area contributed by atoms with Gasteiger partial charge < -0.3 is 8.83 Å². The highest BCUT2D eigenvalue weighted by molar-refractivity contribution is 9.10. The topological polar surface area (TPSA) is 82.8 Å². The van der Waals surface area contributed by atoms with Crippen molar-refractivity contribution in [2.24, 2.45) is 0 Å². The number of hydrogen-bond donors (Lipinski definition) is 0. The van der Waals surface area contributed by atoms with Crippen molar-refractivity contribution in [2.75, 3.05) is 5.88 Å². The van der Waals surface area contributed by atoms with E-state index in [1.165, 1.54) is 0 Å². The first-order chi connectivity index (χ1) is 10.2. The number of rotatable bonds is 6. The molecule has 9 heteroatoms. The molecule has 3 aromatic heterocycles. The highest BCUT2D eigenvalue weighted by atomic mass is 79.9. The molecule has 0 saturated heterocycles. The summed E-state index contributed by atoms with van der Waals surface area (Å²) in [6.45, 7) is 0.364. The molecule has 0 unspecified atom stereocenters. The van der Waals surface area contributed by atoms with Crippen LogP contribution in [0.2, 0.25) is 0 Å². The van der Waals surface area contributed by atoms with Crippen molar-refractivity contribution in [1.82, 2.24) is 25.2 Å². The zero-order valence-corrected chi connectivity index (χ0v) is 13.2. The Kier molecular flexibility index (Phi) is 4.35. The standard InChI is InChI=1S/C12H11BrClN5O2/c13-10-4-3-9(20-10)12-17-16-11(21-12)7-19-6-8(15-18-19)2-1-5-14/h3-4,6H,1-2,5,7H2. The molecule has 0 spiro atoms. The monoisotopic (exact) mass is 371 g/mol. The lowest BCUT2D eigenvalue weighted by atomic mass is 10.3. The minimum absolute atomic E-state index is 0.332. The summed E-state index contributed by atoms with van der Waals surface area (Å²) in [7, 11) is 0. The molecule has 3 aromatic rings. The number of halogens is 2. The van der Waals surface area contributed by atoms with Gasteiger partial charge in [0.25, 0.3) is 5.89 Å². The molecule has 0 radical (unpaired) electrons. The lowest BCUT2D eigenvalue weighted by Crippen LogP contribution is -2.00. The maximum absolute atomic E-state index is 5.65. The second-order valence-electron chi connectivity index (χ2n) is 4.30. The molecule has 0 N–H and O–H groups in total. The van der Waals surface area contributed by atoms with Crippen LogP contribution in [-0.4, -0.2) is 31.1 Å².